The molecule has 0 spiro atoms. The predicted molar refractivity (Wildman–Crippen MR) is 53.8 cm³/mol. The van der Waals surface area contributed by atoms with E-state index in [0.717, 1.165) is 0 Å². The van der Waals surface area contributed by atoms with Crippen LogP contribution >= 0.6 is 0 Å². The molecule has 0 aromatic rings. The van der Waals surface area contributed by atoms with Gasteiger partial charge in [0.2, 0.25) is 0 Å². The molecule has 5 nitrogen and oxygen atoms in total. The summed E-state index contributed by atoms with van der Waals surface area (Å²) in [6, 6.07) is -0.856. The summed E-state index contributed by atoms with van der Waals surface area (Å²) >= 11 is 0. The summed E-state index contributed by atoms with van der Waals surface area (Å²) in [6.07, 6.45) is 0. The fourth-order valence-electron chi connectivity index (χ4n) is 0.994. The maximum atomic E-state index is 11.1. The first-order valence-electron chi connectivity index (χ1n) is 4.24. The van der Waals surface area contributed by atoms with E-state index in [1.54, 1.807) is 0 Å². The smallest absolute Gasteiger partial charge is 0.266 e. The molecule has 0 aliphatic rings. The molecule has 0 saturated carbocycles. The predicted octanol–water partition coefficient (Wildman–Crippen LogP) is 0.220. The van der Waals surface area contributed by atoms with Gasteiger partial charge in [0.05, 0.1) is 11.8 Å². The molecule has 6 heteroatoms. The molecule has 2 N–H and O–H groups in total. The Balaban J connectivity index is 4.56. The van der Waals surface area contributed by atoms with Gasteiger partial charge in [-0.15, -0.1) is 0 Å². The van der Waals surface area contributed by atoms with Crippen LogP contribution in [-0.2, 0) is 14.9 Å². The Morgan fingerprint density at radius 3 is 2.07 bits per heavy atom. The third-order valence-electron chi connectivity index (χ3n) is 1.48. The van der Waals surface area contributed by atoms with Crippen LogP contribution in [0.15, 0.2) is 0 Å². The molecule has 0 saturated heterocycles. The van der Waals surface area contributed by atoms with Gasteiger partial charge in [0, 0.05) is 5.54 Å². The Morgan fingerprint density at radius 1 is 1.43 bits per heavy atom. The summed E-state index contributed by atoms with van der Waals surface area (Å²) in [5.41, 5.74) is -0.374. The van der Waals surface area contributed by atoms with E-state index in [-0.39, 0.29) is 11.3 Å². The zero-order valence-corrected chi connectivity index (χ0v) is 9.68. The molecule has 0 aromatic carbocycles. The fourth-order valence-corrected chi connectivity index (χ4v) is 1.73. The molecule has 0 amide bonds. The average Bonchev–Trinajstić information content (AvgIpc) is 1.78. The zero-order valence-electron chi connectivity index (χ0n) is 8.86. The van der Waals surface area contributed by atoms with Crippen molar-refractivity contribution in [3.05, 3.63) is 0 Å². The third-order valence-corrected chi connectivity index (χ3v) is 2.23. The van der Waals surface area contributed by atoms with E-state index in [9.17, 15) is 13.2 Å². The van der Waals surface area contributed by atoms with Gasteiger partial charge in [-0.1, -0.05) is 0 Å². The van der Waals surface area contributed by atoms with E-state index < -0.39 is 21.9 Å². The molecule has 0 radical (unpaired) electrons. The Hall–Kier alpha value is -0.460. The Morgan fingerprint density at radius 2 is 1.86 bits per heavy atom. The molecule has 0 bridgehead atoms. The molecule has 0 fully saturated rings. The van der Waals surface area contributed by atoms with Crippen molar-refractivity contribution in [1.82, 2.24) is 5.32 Å². The molecular formula is C8H17NO4S. The van der Waals surface area contributed by atoms with Crippen LogP contribution in [0.25, 0.3) is 0 Å². The Kier molecular flexibility index (Phi) is 4.23. The second-order valence-corrected chi connectivity index (χ2v) is 5.80. The van der Waals surface area contributed by atoms with E-state index in [2.05, 4.69) is 5.32 Å². The van der Waals surface area contributed by atoms with Crippen LogP contribution in [0.1, 0.15) is 27.7 Å². The van der Waals surface area contributed by atoms with Crippen molar-refractivity contribution in [1.29, 1.82) is 0 Å². The third kappa shape index (κ3) is 6.99. The van der Waals surface area contributed by atoms with Crippen LogP contribution in [0.4, 0.5) is 0 Å². The first-order chi connectivity index (χ1) is 6.01. The summed E-state index contributed by atoms with van der Waals surface area (Å²) in [5.74, 6) is -0.892. The summed E-state index contributed by atoms with van der Waals surface area (Å²) in [5, 5.41) is 2.82. The monoisotopic (exact) mass is 223 g/mol. The van der Waals surface area contributed by atoms with Gasteiger partial charge in [0.15, 0.2) is 0 Å². The molecule has 0 rings (SSSR count). The summed E-state index contributed by atoms with van der Waals surface area (Å²) in [7, 11) is -4.12. The highest BCUT2D eigenvalue weighted by Crippen LogP contribution is 2.03. The highest BCUT2D eigenvalue weighted by atomic mass is 32.2. The molecule has 0 aromatic heterocycles. The van der Waals surface area contributed by atoms with Crippen molar-refractivity contribution >= 4 is 15.9 Å². The minimum absolute atomic E-state index is 0.308. The lowest BCUT2D eigenvalue weighted by molar-refractivity contribution is -0.118. The van der Waals surface area contributed by atoms with Crippen molar-refractivity contribution in [3.8, 4) is 0 Å². The van der Waals surface area contributed by atoms with E-state index in [4.69, 9.17) is 4.55 Å². The van der Waals surface area contributed by atoms with Crippen LogP contribution in [-0.4, -0.2) is 36.1 Å². The Bertz CT molecular complexity index is 302. The molecular weight excluding hydrogens is 206 g/mol. The maximum Gasteiger partial charge on any atom is 0.266 e. The maximum absolute atomic E-state index is 11.1. The average molecular weight is 223 g/mol. The lowest BCUT2D eigenvalue weighted by Crippen LogP contribution is -2.50. The van der Waals surface area contributed by atoms with Crippen LogP contribution < -0.4 is 5.32 Å². The van der Waals surface area contributed by atoms with Crippen molar-refractivity contribution < 1.29 is 17.8 Å². The molecule has 0 aliphatic heterocycles. The number of rotatable bonds is 4. The van der Waals surface area contributed by atoms with Gasteiger partial charge in [-0.2, -0.15) is 8.42 Å². The van der Waals surface area contributed by atoms with Gasteiger partial charge in [0.1, 0.15) is 5.78 Å². The van der Waals surface area contributed by atoms with Crippen LogP contribution in [0.3, 0.4) is 0 Å². The standard InChI is InChI=1S/C8H17NO4S/c1-6(10)7(5-14(11,12)13)9-8(2,3)4/h7,9H,5H2,1-4H3,(H,11,12,13). The number of hydrogen-bond acceptors (Lipinski definition) is 4. The number of ketones is 1. The first-order valence-corrected chi connectivity index (χ1v) is 5.85. The first kappa shape index (κ1) is 13.5. The summed E-state index contributed by atoms with van der Waals surface area (Å²) < 4.78 is 29.8. The highest BCUT2D eigenvalue weighted by molar-refractivity contribution is 7.85. The molecule has 14 heavy (non-hydrogen) atoms. The van der Waals surface area contributed by atoms with Gasteiger partial charge in [-0.05, 0) is 27.7 Å². The number of carbonyl (C=O) groups excluding carboxylic acids is 1. The normalized spacial score (nSPS) is 15.2. The van der Waals surface area contributed by atoms with Crippen LogP contribution in [0.2, 0.25) is 0 Å². The van der Waals surface area contributed by atoms with Gasteiger partial charge < -0.3 is 5.32 Å². The van der Waals surface area contributed by atoms with E-state index >= 15 is 0 Å². The van der Waals surface area contributed by atoms with Crippen molar-refractivity contribution in [3.63, 3.8) is 0 Å². The van der Waals surface area contributed by atoms with Crippen molar-refractivity contribution in [2.24, 2.45) is 0 Å². The van der Waals surface area contributed by atoms with E-state index in [1.165, 1.54) is 6.92 Å². The lowest BCUT2D eigenvalue weighted by Gasteiger charge is -2.26. The largest absolute Gasteiger partial charge is 0.302 e. The van der Waals surface area contributed by atoms with Crippen molar-refractivity contribution in [2.45, 2.75) is 39.3 Å². The van der Waals surface area contributed by atoms with Gasteiger partial charge in [0.25, 0.3) is 10.1 Å². The lowest BCUT2D eigenvalue weighted by atomic mass is 10.1. The van der Waals surface area contributed by atoms with Crippen LogP contribution in [0.5, 0.6) is 0 Å². The van der Waals surface area contributed by atoms with Crippen molar-refractivity contribution in [2.75, 3.05) is 5.75 Å². The number of nitrogens with one attached hydrogen (secondary N) is 1. The second-order valence-electron chi connectivity index (χ2n) is 4.31. The number of hydrogen-bond donors (Lipinski definition) is 2. The number of carbonyl (C=O) groups is 1. The van der Waals surface area contributed by atoms with E-state index in [1.807, 2.05) is 20.8 Å². The molecule has 0 heterocycles. The van der Waals surface area contributed by atoms with Gasteiger partial charge >= 0.3 is 0 Å². The summed E-state index contributed by atoms with van der Waals surface area (Å²) in [4.78, 5) is 11.1. The number of Topliss-reactive ketones (excluding diaryl/α,β-unsaturated/α-hetero) is 1. The van der Waals surface area contributed by atoms with Gasteiger partial charge in [-0.25, -0.2) is 0 Å². The Labute approximate surface area is 84.6 Å². The minimum atomic E-state index is -4.12. The highest BCUT2D eigenvalue weighted by Gasteiger charge is 2.25. The molecule has 84 valence electrons. The topological polar surface area (TPSA) is 83.5 Å². The minimum Gasteiger partial charge on any atom is -0.302 e. The fraction of sp³-hybridized carbons (Fsp3) is 0.875. The molecule has 0 aliphatic carbocycles. The zero-order chi connectivity index (χ0) is 11.6. The molecule has 1 atom stereocenters. The quantitative estimate of drug-likeness (QED) is 0.666. The SMILES string of the molecule is CC(=O)C(CS(=O)(=O)O)NC(C)(C)C. The molecule has 1 unspecified atom stereocenters. The second kappa shape index (κ2) is 4.37. The van der Waals surface area contributed by atoms with E-state index in [0.29, 0.717) is 0 Å². The van der Waals surface area contributed by atoms with Gasteiger partial charge in [-0.3, -0.25) is 9.35 Å². The van der Waals surface area contributed by atoms with Crippen LogP contribution in [0, 0.1) is 0 Å². The summed E-state index contributed by atoms with van der Waals surface area (Å²) in [6.45, 7) is 6.72.